The smallest absolute Gasteiger partial charge is 0.262 e. The molecule has 0 spiro atoms. The fraction of sp³-hybridized carbons (Fsp3) is 0.350. The first-order valence-electron chi connectivity index (χ1n) is 8.78. The van der Waals surface area contributed by atoms with E-state index in [1.54, 1.807) is 12.1 Å². The van der Waals surface area contributed by atoms with Crippen LogP contribution in [0.5, 0.6) is 5.75 Å². The second-order valence-electron chi connectivity index (χ2n) is 6.77. The molecular weight excluding hydrogens is 364 g/mol. The third-order valence-electron chi connectivity index (χ3n) is 4.03. The standard InChI is InChI=1S/C20H26N2O4S/c1-14(2)11-12-21-20(23)16-6-8-17(9-7-16)27(24,25)22-18-13-15(3)5-10-19(18)26-4/h5-10,13-14,22H,11-12H2,1-4H3,(H,21,23). The van der Waals surface area contributed by atoms with Gasteiger partial charge in [0.1, 0.15) is 5.75 Å². The average Bonchev–Trinajstić information content (AvgIpc) is 2.61. The molecule has 0 atom stereocenters. The molecule has 27 heavy (non-hydrogen) atoms. The van der Waals surface area contributed by atoms with Crippen molar-refractivity contribution in [3.05, 3.63) is 53.6 Å². The van der Waals surface area contributed by atoms with E-state index in [0.717, 1.165) is 12.0 Å². The van der Waals surface area contributed by atoms with E-state index >= 15 is 0 Å². The second kappa shape index (κ2) is 8.90. The molecule has 0 saturated carbocycles. The fourth-order valence-corrected chi connectivity index (χ4v) is 3.53. The van der Waals surface area contributed by atoms with E-state index in [1.807, 2.05) is 13.0 Å². The van der Waals surface area contributed by atoms with Gasteiger partial charge in [0.2, 0.25) is 0 Å². The summed E-state index contributed by atoms with van der Waals surface area (Å²) in [6.07, 6.45) is 0.889. The molecule has 2 rings (SSSR count). The molecule has 0 aliphatic carbocycles. The summed E-state index contributed by atoms with van der Waals surface area (Å²) in [6, 6.07) is 11.1. The number of carbonyl (C=O) groups is 1. The molecule has 0 saturated heterocycles. The lowest BCUT2D eigenvalue weighted by Crippen LogP contribution is -2.25. The zero-order valence-corrected chi connectivity index (χ0v) is 16.9. The molecule has 0 unspecified atom stereocenters. The first kappa shape index (κ1) is 20.8. The van der Waals surface area contributed by atoms with Crippen molar-refractivity contribution in [3.8, 4) is 5.75 Å². The summed E-state index contributed by atoms with van der Waals surface area (Å²) in [5.41, 5.74) is 1.70. The van der Waals surface area contributed by atoms with E-state index in [-0.39, 0.29) is 10.8 Å². The van der Waals surface area contributed by atoms with Crippen LogP contribution in [-0.2, 0) is 10.0 Å². The van der Waals surface area contributed by atoms with Gasteiger partial charge in [-0.1, -0.05) is 19.9 Å². The molecule has 7 heteroatoms. The summed E-state index contributed by atoms with van der Waals surface area (Å²) in [5, 5.41) is 2.83. The van der Waals surface area contributed by atoms with Crippen molar-refractivity contribution < 1.29 is 17.9 Å². The number of carbonyl (C=O) groups excluding carboxylic acids is 1. The minimum absolute atomic E-state index is 0.0739. The average molecular weight is 391 g/mol. The molecule has 2 N–H and O–H groups in total. The monoisotopic (exact) mass is 390 g/mol. The molecule has 0 aliphatic rings. The number of benzene rings is 2. The van der Waals surface area contributed by atoms with Crippen LogP contribution in [0.4, 0.5) is 5.69 Å². The minimum atomic E-state index is -3.80. The van der Waals surface area contributed by atoms with Crippen molar-refractivity contribution in [1.82, 2.24) is 5.32 Å². The first-order valence-corrected chi connectivity index (χ1v) is 10.3. The van der Waals surface area contributed by atoms with Gasteiger partial charge in [-0.2, -0.15) is 0 Å². The highest BCUT2D eigenvalue weighted by Crippen LogP contribution is 2.27. The molecule has 0 aliphatic heterocycles. The summed E-state index contributed by atoms with van der Waals surface area (Å²) in [7, 11) is -2.31. The van der Waals surface area contributed by atoms with Crippen LogP contribution in [0.2, 0.25) is 0 Å². The van der Waals surface area contributed by atoms with Crippen molar-refractivity contribution in [2.24, 2.45) is 5.92 Å². The Morgan fingerprint density at radius 3 is 2.37 bits per heavy atom. The van der Waals surface area contributed by atoms with Crippen LogP contribution in [0.3, 0.4) is 0 Å². The van der Waals surface area contributed by atoms with Crippen LogP contribution < -0.4 is 14.8 Å². The maximum atomic E-state index is 12.6. The van der Waals surface area contributed by atoms with Crippen LogP contribution >= 0.6 is 0 Å². The third kappa shape index (κ3) is 5.72. The molecule has 0 fully saturated rings. The maximum absolute atomic E-state index is 12.6. The Morgan fingerprint density at radius 1 is 1.11 bits per heavy atom. The van der Waals surface area contributed by atoms with E-state index in [1.165, 1.54) is 31.4 Å². The van der Waals surface area contributed by atoms with E-state index < -0.39 is 10.0 Å². The van der Waals surface area contributed by atoms with Crippen LogP contribution in [0.15, 0.2) is 47.4 Å². The first-order chi connectivity index (χ1) is 12.7. The summed E-state index contributed by atoms with van der Waals surface area (Å²) in [6.45, 7) is 6.62. The normalized spacial score (nSPS) is 11.3. The molecule has 146 valence electrons. The zero-order valence-electron chi connectivity index (χ0n) is 16.1. The quantitative estimate of drug-likeness (QED) is 0.721. The molecule has 0 heterocycles. The summed E-state index contributed by atoms with van der Waals surface area (Å²) in [4.78, 5) is 12.2. The van der Waals surface area contributed by atoms with E-state index in [4.69, 9.17) is 4.74 Å². The largest absolute Gasteiger partial charge is 0.495 e. The number of nitrogens with one attached hydrogen (secondary N) is 2. The number of aryl methyl sites for hydroxylation is 1. The molecule has 0 bridgehead atoms. The lowest BCUT2D eigenvalue weighted by molar-refractivity contribution is 0.0952. The molecule has 0 radical (unpaired) electrons. The number of sulfonamides is 1. The van der Waals surface area contributed by atoms with Gasteiger partial charge in [0.15, 0.2) is 0 Å². The Labute approximate surface area is 161 Å². The Hall–Kier alpha value is -2.54. The number of hydrogen-bond donors (Lipinski definition) is 2. The molecule has 0 aromatic heterocycles. The molecular formula is C20H26N2O4S. The van der Waals surface area contributed by atoms with Crippen molar-refractivity contribution in [3.63, 3.8) is 0 Å². The Kier molecular flexibility index (Phi) is 6.85. The van der Waals surface area contributed by atoms with Gasteiger partial charge in [-0.25, -0.2) is 8.42 Å². The molecule has 6 nitrogen and oxygen atoms in total. The third-order valence-corrected chi connectivity index (χ3v) is 5.41. The SMILES string of the molecule is COc1ccc(C)cc1NS(=O)(=O)c1ccc(C(=O)NCCC(C)C)cc1. The van der Waals surface area contributed by atoms with Gasteiger partial charge in [0.05, 0.1) is 17.7 Å². The van der Waals surface area contributed by atoms with Gasteiger partial charge < -0.3 is 10.1 Å². The lowest BCUT2D eigenvalue weighted by Gasteiger charge is -2.13. The van der Waals surface area contributed by atoms with Crippen molar-refractivity contribution in [2.75, 3.05) is 18.4 Å². The predicted octanol–water partition coefficient (Wildman–Crippen LogP) is 3.58. The number of hydrogen-bond acceptors (Lipinski definition) is 4. The highest BCUT2D eigenvalue weighted by atomic mass is 32.2. The van der Waals surface area contributed by atoms with Crippen molar-refractivity contribution >= 4 is 21.6 Å². The van der Waals surface area contributed by atoms with Gasteiger partial charge in [-0.3, -0.25) is 9.52 Å². The maximum Gasteiger partial charge on any atom is 0.262 e. The topological polar surface area (TPSA) is 84.5 Å². The number of anilines is 1. The van der Waals surface area contributed by atoms with Crippen LogP contribution in [0.25, 0.3) is 0 Å². The summed E-state index contributed by atoms with van der Waals surface area (Å²) >= 11 is 0. The number of ether oxygens (including phenoxy) is 1. The lowest BCUT2D eigenvalue weighted by atomic mass is 10.1. The number of methoxy groups -OCH3 is 1. The van der Waals surface area contributed by atoms with Crippen LogP contribution in [0.1, 0.15) is 36.2 Å². The zero-order chi connectivity index (χ0) is 20.0. The number of amides is 1. The summed E-state index contributed by atoms with van der Waals surface area (Å²) in [5.74, 6) is 0.723. The minimum Gasteiger partial charge on any atom is -0.495 e. The number of rotatable bonds is 8. The van der Waals surface area contributed by atoms with Gasteiger partial charge in [0.25, 0.3) is 15.9 Å². The predicted molar refractivity (Wildman–Crippen MR) is 107 cm³/mol. The summed E-state index contributed by atoms with van der Waals surface area (Å²) < 4.78 is 33.0. The van der Waals surface area contributed by atoms with Gasteiger partial charge >= 0.3 is 0 Å². The van der Waals surface area contributed by atoms with E-state index in [9.17, 15) is 13.2 Å². The Morgan fingerprint density at radius 2 is 1.78 bits per heavy atom. The second-order valence-corrected chi connectivity index (χ2v) is 8.45. The van der Waals surface area contributed by atoms with Gasteiger partial charge in [0, 0.05) is 12.1 Å². The van der Waals surface area contributed by atoms with E-state index in [0.29, 0.717) is 29.5 Å². The highest BCUT2D eigenvalue weighted by molar-refractivity contribution is 7.92. The van der Waals surface area contributed by atoms with Crippen molar-refractivity contribution in [2.45, 2.75) is 32.1 Å². The van der Waals surface area contributed by atoms with Crippen molar-refractivity contribution in [1.29, 1.82) is 0 Å². The Bertz CT molecular complexity index is 891. The van der Waals surface area contributed by atoms with Gasteiger partial charge in [-0.05, 0) is 61.2 Å². The van der Waals surface area contributed by atoms with Crippen LogP contribution in [0, 0.1) is 12.8 Å². The van der Waals surface area contributed by atoms with Gasteiger partial charge in [-0.15, -0.1) is 0 Å². The highest BCUT2D eigenvalue weighted by Gasteiger charge is 2.17. The van der Waals surface area contributed by atoms with Crippen LogP contribution in [-0.4, -0.2) is 28.0 Å². The fourth-order valence-electron chi connectivity index (χ4n) is 2.47. The molecule has 2 aromatic rings. The Balaban J connectivity index is 2.13. The van der Waals surface area contributed by atoms with E-state index in [2.05, 4.69) is 23.9 Å². The molecule has 1 amide bonds. The molecule has 2 aromatic carbocycles.